The molecule has 0 unspecified atom stereocenters. The van der Waals surface area contributed by atoms with E-state index in [0.29, 0.717) is 28.5 Å². The van der Waals surface area contributed by atoms with E-state index in [2.05, 4.69) is 10.1 Å². The first-order chi connectivity index (χ1) is 16.4. The summed E-state index contributed by atoms with van der Waals surface area (Å²) in [5, 5.41) is 4.23. The van der Waals surface area contributed by atoms with Crippen molar-refractivity contribution in [2.24, 2.45) is 0 Å². The molecule has 1 aliphatic heterocycles. The maximum Gasteiger partial charge on any atom is 0.387 e. The van der Waals surface area contributed by atoms with Crippen molar-refractivity contribution >= 4 is 28.5 Å². The number of amides is 3. The van der Waals surface area contributed by atoms with Crippen LogP contribution >= 0.6 is 0 Å². The van der Waals surface area contributed by atoms with Crippen molar-refractivity contribution < 1.29 is 32.6 Å². The maximum absolute atomic E-state index is 12.9. The van der Waals surface area contributed by atoms with Gasteiger partial charge < -0.3 is 14.8 Å². The summed E-state index contributed by atoms with van der Waals surface area (Å²) in [4.78, 5) is 39.2. The number of hydrogen-bond donors (Lipinski definition) is 1. The average molecular weight is 468 g/mol. The fraction of sp³-hybridized carbons (Fsp3) is 0.240. The lowest BCUT2D eigenvalue weighted by Crippen LogP contribution is -2.41. The van der Waals surface area contributed by atoms with Gasteiger partial charge in [-0.05, 0) is 41.6 Å². The van der Waals surface area contributed by atoms with Crippen molar-refractivity contribution in [1.82, 2.24) is 10.2 Å². The number of nitrogens with one attached hydrogen (secondary N) is 1. The molecule has 3 amide bonds. The van der Waals surface area contributed by atoms with E-state index < -0.39 is 6.61 Å². The minimum Gasteiger partial charge on any atom is -0.493 e. The summed E-state index contributed by atoms with van der Waals surface area (Å²) >= 11 is 0. The molecule has 34 heavy (non-hydrogen) atoms. The third-order valence-electron chi connectivity index (χ3n) is 5.58. The lowest BCUT2D eigenvalue weighted by molar-refractivity contribution is -0.121. The molecule has 1 heterocycles. The molecule has 0 fully saturated rings. The zero-order chi connectivity index (χ0) is 24.2. The number of rotatable bonds is 9. The van der Waals surface area contributed by atoms with Gasteiger partial charge in [-0.2, -0.15) is 8.78 Å². The number of imide groups is 1. The largest absolute Gasteiger partial charge is 0.493 e. The van der Waals surface area contributed by atoms with Gasteiger partial charge in [-0.15, -0.1) is 0 Å². The Labute approximate surface area is 194 Å². The zero-order valence-corrected chi connectivity index (χ0v) is 18.3. The van der Waals surface area contributed by atoms with Gasteiger partial charge in [0.2, 0.25) is 5.91 Å². The number of hydrogen-bond acceptors (Lipinski definition) is 5. The minimum atomic E-state index is -2.97. The normalized spacial score (nSPS) is 12.9. The van der Waals surface area contributed by atoms with Crippen LogP contribution in [0.1, 0.15) is 39.1 Å². The molecule has 0 saturated heterocycles. The number of carbonyl (C=O) groups excluding carboxylic acids is 3. The molecule has 3 aromatic carbocycles. The van der Waals surface area contributed by atoms with Crippen LogP contribution in [-0.2, 0) is 11.3 Å². The van der Waals surface area contributed by atoms with Gasteiger partial charge in [-0.1, -0.05) is 30.3 Å². The van der Waals surface area contributed by atoms with Crippen molar-refractivity contribution in [3.63, 3.8) is 0 Å². The zero-order valence-electron chi connectivity index (χ0n) is 18.3. The van der Waals surface area contributed by atoms with Crippen LogP contribution in [0.4, 0.5) is 8.78 Å². The Morgan fingerprint density at radius 1 is 1.00 bits per heavy atom. The summed E-state index contributed by atoms with van der Waals surface area (Å²) in [6.45, 7) is -2.70. The minimum absolute atomic E-state index is 0.0966. The predicted molar refractivity (Wildman–Crippen MR) is 120 cm³/mol. The van der Waals surface area contributed by atoms with Crippen LogP contribution in [0, 0.1) is 0 Å². The molecule has 0 radical (unpaired) electrons. The van der Waals surface area contributed by atoms with E-state index >= 15 is 0 Å². The van der Waals surface area contributed by atoms with Gasteiger partial charge >= 0.3 is 6.61 Å². The number of ether oxygens (including phenoxy) is 2. The van der Waals surface area contributed by atoms with E-state index in [1.807, 2.05) is 12.1 Å². The van der Waals surface area contributed by atoms with Gasteiger partial charge in [0.25, 0.3) is 11.8 Å². The Morgan fingerprint density at radius 3 is 2.29 bits per heavy atom. The molecule has 1 aliphatic rings. The number of halogens is 2. The molecule has 0 spiro atoms. The molecule has 1 N–H and O–H groups in total. The summed E-state index contributed by atoms with van der Waals surface area (Å²) in [7, 11) is 1.33. The van der Waals surface area contributed by atoms with E-state index in [4.69, 9.17) is 4.74 Å². The quantitative estimate of drug-likeness (QED) is 0.477. The molecule has 9 heteroatoms. The van der Waals surface area contributed by atoms with Crippen molar-refractivity contribution in [3.05, 3.63) is 71.3 Å². The Morgan fingerprint density at radius 2 is 1.68 bits per heavy atom. The van der Waals surface area contributed by atoms with Crippen molar-refractivity contribution in [2.75, 3.05) is 13.7 Å². The first kappa shape index (κ1) is 23.2. The molecule has 0 atom stereocenters. The topological polar surface area (TPSA) is 84.9 Å². The highest BCUT2D eigenvalue weighted by atomic mass is 19.3. The number of benzene rings is 3. The highest BCUT2D eigenvalue weighted by Crippen LogP contribution is 2.31. The molecule has 176 valence electrons. The van der Waals surface area contributed by atoms with Crippen molar-refractivity contribution in [2.45, 2.75) is 26.0 Å². The number of alkyl halides is 2. The Bertz CT molecular complexity index is 1210. The predicted octanol–water partition coefficient (Wildman–Crippen LogP) is 4.14. The lowest BCUT2D eigenvalue weighted by atomic mass is 9.94. The van der Waals surface area contributed by atoms with Crippen LogP contribution in [0.3, 0.4) is 0 Å². The SMILES string of the molecule is COc1cc(CNC(=O)CCCN2C(=O)c3cccc4cccc(c34)C2=O)ccc1OC(F)F. The highest BCUT2D eigenvalue weighted by Gasteiger charge is 2.32. The van der Waals surface area contributed by atoms with Gasteiger partial charge in [0.1, 0.15) is 0 Å². The number of nitrogens with zero attached hydrogens (tertiary/aromatic N) is 1. The third-order valence-corrected chi connectivity index (χ3v) is 5.58. The molecule has 0 aromatic heterocycles. The standard InChI is InChI=1S/C25H22F2N2O5/c1-33-20-13-15(10-11-19(20)34-25(26)27)14-28-21(30)9-4-12-29-23(31)17-7-2-5-16-6-3-8-18(22(16)17)24(29)32/h2-3,5-8,10-11,13,25H,4,9,12,14H2,1H3,(H,28,30). The number of carbonyl (C=O) groups is 3. The van der Waals surface area contributed by atoms with Crippen LogP contribution in [0.25, 0.3) is 10.8 Å². The van der Waals surface area contributed by atoms with Crippen molar-refractivity contribution in [1.29, 1.82) is 0 Å². The smallest absolute Gasteiger partial charge is 0.387 e. The fourth-order valence-electron chi connectivity index (χ4n) is 3.99. The van der Waals surface area contributed by atoms with E-state index in [1.54, 1.807) is 30.3 Å². The Kier molecular flexibility index (Phi) is 6.72. The molecular formula is C25H22F2N2O5. The summed E-state index contributed by atoms with van der Waals surface area (Å²) in [6, 6.07) is 15.1. The second-order valence-electron chi connectivity index (χ2n) is 7.72. The molecular weight excluding hydrogens is 446 g/mol. The van der Waals surface area contributed by atoms with Gasteiger partial charge in [-0.25, -0.2) is 0 Å². The Balaban J connectivity index is 1.32. The summed E-state index contributed by atoms with van der Waals surface area (Å²) in [6.07, 6.45) is 0.401. The van der Waals surface area contributed by atoms with Gasteiger partial charge in [0.15, 0.2) is 11.5 Å². The monoisotopic (exact) mass is 468 g/mol. The average Bonchev–Trinajstić information content (AvgIpc) is 2.83. The third kappa shape index (κ3) is 4.68. The van der Waals surface area contributed by atoms with E-state index in [0.717, 1.165) is 5.39 Å². The van der Waals surface area contributed by atoms with Gasteiger partial charge in [-0.3, -0.25) is 19.3 Å². The van der Waals surface area contributed by atoms with E-state index in [9.17, 15) is 23.2 Å². The number of methoxy groups -OCH3 is 1. The Hall–Kier alpha value is -4.01. The fourth-order valence-corrected chi connectivity index (χ4v) is 3.99. The molecule has 0 aliphatic carbocycles. The first-order valence-electron chi connectivity index (χ1n) is 10.7. The lowest BCUT2D eigenvalue weighted by Gasteiger charge is -2.27. The van der Waals surface area contributed by atoms with E-state index in [1.165, 1.54) is 24.1 Å². The van der Waals surface area contributed by atoms with Crippen LogP contribution < -0.4 is 14.8 Å². The van der Waals surface area contributed by atoms with Crippen molar-refractivity contribution in [3.8, 4) is 11.5 Å². The molecule has 7 nitrogen and oxygen atoms in total. The highest BCUT2D eigenvalue weighted by molar-refractivity contribution is 6.25. The summed E-state index contributed by atoms with van der Waals surface area (Å²) in [5.41, 5.74) is 1.59. The molecule has 0 saturated carbocycles. The molecule has 0 bridgehead atoms. The maximum atomic E-state index is 12.9. The van der Waals surface area contributed by atoms with Crippen LogP contribution in [0.15, 0.2) is 54.6 Å². The van der Waals surface area contributed by atoms with Gasteiger partial charge in [0, 0.05) is 36.0 Å². The van der Waals surface area contributed by atoms with Crippen LogP contribution in [-0.4, -0.2) is 42.9 Å². The molecule has 3 aromatic rings. The second kappa shape index (κ2) is 9.86. The van der Waals surface area contributed by atoms with Gasteiger partial charge in [0.05, 0.1) is 7.11 Å². The second-order valence-corrected chi connectivity index (χ2v) is 7.72. The van der Waals surface area contributed by atoms with Crippen LogP contribution in [0.5, 0.6) is 11.5 Å². The first-order valence-corrected chi connectivity index (χ1v) is 10.7. The van der Waals surface area contributed by atoms with E-state index in [-0.39, 0.29) is 48.7 Å². The van der Waals surface area contributed by atoms with Crippen LogP contribution in [0.2, 0.25) is 0 Å². The summed E-state index contributed by atoms with van der Waals surface area (Å²) < 4.78 is 34.3. The summed E-state index contributed by atoms with van der Waals surface area (Å²) in [5.74, 6) is -0.975. The molecule has 4 rings (SSSR count).